The monoisotopic (exact) mass is 638 g/mol. The molecule has 1 heterocycles. The van der Waals surface area contributed by atoms with E-state index in [1.54, 1.807) is 27.9 Å². The second-order valence-corrected chi connectivity index (χ2v) is 13.2. The summed E-state index contributed by atoms with van der Waals surface area (Å²) in [5.74, 6) is -0.253. The number of amides is 4. The summed E-state index contributed by atoms with van der Waals surface area (Å²) in [6, 6.07) is 6.55. The topological polar surface area (TPSA) is 184 Å². The predicted molar refractivity (Wildman–Crippen MR) is 165 cm³/mol. The van der Waals surface area contributed by atoms with Crippen LogP contribution in [0.25, 0.3) is 0 Å². The number of carbonyl (C=O) groups excluding carboxylic acids is 5. The minimum atomic E-state index is -0.972. The van der Waals surface area contributed by atoms with Gasteiger partial charge in [0.25, 0.3) is 0 Å². The van der Waals surface area contributed by atoms with Gasteiger partial charge in [0.15, 0.2) is 6.29 Å². The van der Waals surface area contributed by atoms with Crippen molar-refractivity contribution in [3.63, 3.8) is 0 Å². The van der Waals surface area contributed by atoms with Gasteiger partial charge >= 0.3 is 6.09 Å². The van der Waals surface area contributed by atoms with Gasteiger partial charge < -0.3 is 40.6 Å². The molecule has 3 atom stereocenters. The van der Waals surface area contributed by atoms with Crippen molar-refractivity contribution in [3.8, 4) is 5.75 Å². The Hall–Kier alpha value is -3.36. The SMILES string of the molecule is COc1ccc(CC2OCC(C)(C)[C@H](C(=O)NCCC(=O)NCCSC(=O)[C@H](CCC(N)=O)NC(=O)OC(C)(C)C)O2)cc1. The minimum absolute atomic E-state index is 0.0301. The molecule has 0 aliphatic carbocycles. The zero-order chi connectivity index (χ0) is 32.9. The third-order valence-corrected chi connectivity index (χ3v) is 7.39. The molecular weight excluding hydrogens is 592 g/mol. The second kappa shape index (κ2) is 17.2. The van der Waals surface area contributed by atoms with Crippen LogP contribution in [0, 0.1) is 5.41 Å². The van der Waals surface area contributed by atoms with E-state index in [9.17, 15) is 24.0 Å². The van der Waals surface area contributed by atoms with Gasteiger partial charge in [0.2, 0.25) is 22.8 Å². The molecule has 2 rings (SSSR count). The van der Waals surface area contributed by atoms with E-state index in [4.69, 9.17) is 24.7 Å². The molecule has 1 aromatic rings. The molecule has 4 amide bonds. The van der Waals surface area contributed by atoms with E-state index in [1.807, 2.05) is 38.1 Å². The molecule has 44 heavy (non-hydrogen) atoms. The van der Waals surface area contributed by atoms with E-state index in [1.165, 1.54) is 0 Å². The summed E-state index contributed by atoms with van der Waals surface area (Å²) < 4.78 is 22.2. The van der Waals surface area contributed by atoms with Gasteiger partial charge in [-0.3, -0.25) is 19.2 Å². The highest BCUT2D eigenvalue weighted by Gasteiger charge is 2.42. The molecule has 1 saturated heterocycles. The van der Waals surface area contributed by atoms with Crippen LogP contribution in [-0.4, -0.2) is 85.5 Å². The molecule has 1 aliphatic rings. The number of methoxy groups -OCH3 is 1. The number of hydrogen-bond donors (Lipinski definition) is 4. The average Bonchev–Trinajstić information content (AvgIpc) is 2.93. The molecule has 246 valence electrons. The first-order chi connectivity index (χ1) is 20.6. The fourth-order valence-electron chi connectivity index (χ4n) is 4.14. The van der Waals surface area contributed by atoms with E-state index in [0.717, 1.165) is 23.1 Å². The Morgan fingerprint density at radius 1 is 1.07 bits per heavy atom. The second-order valence-electron chi connectivity index (χ2n) is 12.1. The highest BCUT2D eigenvalue weighted by atomic mass is 32.2. The van der Waals surface area contributed by atoms with Crippen molar-refractivity contribution in [3.05, 3.63) is 29.8 Å². The average molecular weight is 639 g/mol. The molecule has 0 spiro atoms. The zero-order valence-electron chi connectivity index (χ0n) is 26.4. The number of nitrogens with two attached hydrogens (primary N) is 1. The lowest BCUT2D eigenvalue weighted by Gasteiger charge is -2.41. The summed E-state index contributed by atoms with van der Waals surface area (Å²) in [6.07, 6.45) is -1.69. The van der Waals surface area contributed by atoms with E-state index in [-0.39, 0.29) is 55.0 Å². The number of thioether (sulfide) groups is 1. The quantitative estimate of drug-likeness (QED) is 0.207. The maximum atomic E-state index is 13.0. The van der Waals surface area contributed by atoms with Crippen molar-refractivity contribution in [2.24, 2.45) is 11.1 Å². The van der Waals surface area contributed by atoms with Crippen LogP contribution in [0.3, 0.4) is 0 Å². The summed E-state index contributed by atoms with van der Waals surface area (Å²) in [7, 11) is 1.60. The van der Waals surface area contributed by atoms with Gasteiger partial charge in [-0.1, -0.05) is 37.7 Å². The number of benzene rings is 1. The third-order valence-electron chi connectivity index (χ3n) is 6.41. The Morgan fingerprint density at radius 2 is 1.75 bits per heavy atom. The first kappa shape index (κ1) is 36.8. The molecule has 14 heteroatoms. The van der Waals surface area contributed by atoms with Crippen LogP contribution in [0.5, 0.6) is 5.75 Å². The third kappa shape index (κ3) is 13.5. The molecule has 1 fully saturated rings. The number of carbonyl (C=O) groups is 5. The first-order valence-electron chi connectivity index (χ1n) is 14.5. The van der Waals surface area contributed by atoms with Gasteiger partial charge in [0, 0.05) is 43.5 Å². The van der Waals surface area contributed by atoms with Crippen molar-refractivity contribution in [1.82, 2.24) is 16.0 Å². The lowest BCUT2D eigenvalue weighted by atomic mass is 9.85. The van der Waals surface area contributed by atoms with Gasteiger partial charge in [-0.15, -0.1) is 0 Å². The van der Waals surface area contributed by atoms with Crippen LogP contribution in [-0.2, 0) is 39.8 Å². The Labute approximate surface area is 263 Å². The number of primary amides is 1. The van der Waals surface area contributed by atoms with E-state index >= 15 is 0 Å². The van der Waals surface area contributed by atoms with Gasteiger partial charge in [0.05, 0.1) is 13.7 Å². The molecule has 0 saturated carbocycles. The van der Waals surface area contributed by atoms with Gasteiger partial charge in [-0.25, -0.2) is 4.79 Å². The van der Waals surface area contributed by atoms with Gasteiger partial charge in [-0.05, 0) is 44.9 Å². The minimum Gasteiger partial charge on any atom is -0.497 e. The van der Waals surface area contributed by atoms with Crippen LogP contribution < -0.4 is 26.4 Å². The molecule has 1 aliphatic heterocycles. The maximum Gasteiger partial charge on any atom is 0.408 e. The zero-order valence-corrected chi connectivity index (χ0v) is 27.2. The molecule has 0 radical (unpaired) electrons. The van der Waals surface area contributed by atoms with Crippen molar-refractivity contribution in [1.29, 1.82) is 0 Å². The highest BCUT2D eigenvalue weighted by molar-refractivity contribution is 8.13. The Kier molecular flexibility index (Phi) is 14.4. The van der Waals surface area contributed by atoms with Crippen LogP contribution in [0.15, 0.2) is 24.3 Å². The Morgan fingerprint density at radius 3 is 2.36 bits per heavy atom. The largest absolute Gasteiger partial charge is 0.497 e. The predicted octanol–water partition coefficient (Wildman–Crippen LogP) is 2.05. The van der Waals surface area contributed by atoms with Crippen molar-refractivity contribution < 1.29 is 42.9 Å². The summed E-state index contributed by atoms with van der Waals surface area (Å²) in [6.45, 7) is 9.45. The molecule has 1 aromatic carbocycles. The van der Waals surface area contributed by atoms with E-state index < -0.39 is 41.5 Å². The summed E-state index contributed by atoms with van der Waals surface area (Å²) in [5, 5.41) is 7.57. The maximum absolute atomic E-state index is 13.0. The molecule has 1 unspecified atom stereocenters. The molecule has 0 aromatic heterocycles. The van der Waals surface area contributed by atoms with E-state index in [0.29, 0.717) is 13.0 Å². The molecule has 5 N–H and O–H groups in total. The fraction of sp³-hybridized carbons (Fsp3) is 0.633. The summed E-state index contributed by atoms with van der Waals surface area (Å²) >= 11 is 0.907. The molecule has 0 bridgehead atoms. The Balaban J connectivity index is 1.74. The number of hydrogen-bond acceptors (Lipinski definition) is 10. The number of ether oxygens (including phenoxy) is 4. The normalized spacial score (nSPS) is 18.4. The summed E-state index contributed by atoms with van der Waals surface area (Å²) in [4.78, 5) is 61.3. The highest BCUT2D eigenvalue weighted by Crippen LogP contribution is 2.31. The standard InChI is InChI=1S/C30H46N4O9S/c1-29(2,3)43-28(39)34-21(11-12-22(31)35)27(38)44-16-15-32-23(36)13-14-33-26(37)25-30(4,5)18-41-24(42-25)17-19-7-9-20(40-6)10-8-19/h7-10,21,24-25H,11-18H2,1-6H3,(H2,31,35)(H,32,36)(H,33,37)(H,34,39)/t21-,24?,25-/m0/s1. The summed E-state index contributed by atoms with van der Waals surface area (Å²) in [5.41, 5.74) is 4.85. The number of rotatable bonds is 15. The lowest BCUT2D eigenvalue weighted by Crippen LogP contribution is -2.54. The Bertz CT molecular complexity index is 1140. The smallest absolute Gasteiger partial charge is 0.408 e. The van der Waals surface area contributed by atoms with Crippen LogP contribution in [0.2, 0.25) is 0 Å². The molecular formula is C30H46N4O9S. The van der Waals surface area contributed by atoms with Crippen molar-refractivity contribution in [2.75, 3.05) is 32.6 Å². The van der Waals surface area contributed by atoms with Crippen molar-refractivity contribution >= 4 is 40.7 Å². The van der Waals surface area contributed by atoms with Gasteiger partial charge in [-0.2, -0.15) is 0 Å². The molecule has 13 nitrogen and oxygen atoms in total. The van der Waals surface area contributed by atoms with Crippen LogP contribution in [0.1, 0.15) is 59.4 Å². The van der Waals surface area contributed by atoms with Crippen molar-refractivity contribution in [2.45, 2.75) is 84.3 Å². The fourth-order valence-corrected chi connectivity index (χ4v) is 4.93. The first-order valence-corrected chi connectivity index (χ1v) is 15.5. The number of nitrogens with one attached hydrogen (secondary N) is 3. The van der Waals surface area contributed by atoms with E-state index in [2.05, 4.69) is 16.0 Å². The van der Waals surface area contributed by atoms with Crippen LogP contribution >= 0.6 is 11.8 Å². The number of alkyl carbamates (subject to hydrolysis) is 1. The van der Waals surface area contributed by atoms with Gasteiger partial charge in [0.1, 0.15) is 23.5 Å². The van der Waals surface area contributed by atoms with Crippen LogP contribution in [0.4, 0.5) is 4.79 Å². The lowest BCUT2D eigenvalue weighted by molar-refractivity contribution is -0.253.